The molecule has 0 saturated heterocycles. The summed E-state index contributed by atoms with van der Waals surface area (Å²) in [7, 11) is 1.64. The summed E-state index contributed by atoms with van der Waals surface area (Å²) in [5, 5.41) is 13.5. The van der Waals surface area contributed by atoms with Crippen molar-refractivity contribution in [3.05, 3.63) is 64.9 Å². The van der Waals surface area contributed by atoms with E-state index in [-0.39, 0.29) is 5.82 Å². The minimum absolute atomic E-state index is 0.319. The van der Waals surface area contributed by atoms with Gasteiger partial charge in [0.25, 0.3) is 0 Å². The first-order chi connectivity index (χ1) is 12.2. The Morgan fingerprint density at radius 2 is 1.96 bits per heavy atom. The molecule has 0 N–H and O–H groups in total. The molecule has 0 atom stereocenters. The van der Waals surface area contributed by atoms with Crippen LogP contribution < -0.4 is 4.74 Å². The molecule has 0 radical (unpaired) electrons. The largest absolute Gasteiger partial charge is 0.496 e. The van der Waals surface area contributed by atoms with Crippen LogP contribution in [0.4, 0.5) is 4.39 Å². The molecule has 0 bridgehead atoms. The molecule has 2 aromatic carbocycles. The predicted octanol–water partition coefficient (Wildman–Crippen LogP) is 4.17. The minimum atomic E-state index is -0.319. The van der Waals surface area contributed by atoms with Crippen LogP contribution in [-0.2, 0) is 0 Å². The zero-order valence-electron chi connectivity index (χ0n) is 13.3. The van der Waals surface area contributed by atoms with Crippen LogP contribution in [0.3, 0.4) is 0 Å². The molecule has 0 aliphatic carbocycles. The molecular formula is C18H13FN4OS. The third kappa shape index (κ3) is 3.01. The highest BCUT2D eigenvalue weighted by Gasteiger charge is 2.12. The van der Waals surface area contributed by atoms with Gasteiger partial charge in [-0.3, -0.25) is 0 Å². The standard InChI is InChI=1S/C18H13FN4OS/c1-24-15-8-3-2-5-12(15)9-10-16-22-23-17(20-21-18(23)25-16)13-6-4-7-14(19)11-13/h2-11H,1H3. The van der Waals surface area contributed by atoms with Crippen LogP contribution in [0.2, 0.25) is 0 Å². The normalized spacial score (nSPS) is 11.4. The van der Waals surface area contributed by atoms with Crippen LogP contribution >= 0.6 is 11.3 Å². The molecule has 4 rings (SSSR count). The Balaban J connectivity index is 1.70. The van der Waals surface area contributed by atoms with Crippen molar-refractivity contribution in [2.45, 2.75) is 0 Å². The van der Waals surface area contributed by atoms with Crippen molar-refractivity contribution < 1.29 is 9.13 Å². The van der Waals surface area contributed by atoms with Gasteiger partial charge in [0.15, 0.2) is 5.82 Å². The number of halogens is 1. The molecular weight excluding hydrogens is 339 g/mol. The first-order valence-corrected chi connectivity index (χ1v) is 8.35. The Labute approximate surface area is 147 Å². The number of nitrogens with zero attached hydrogens (tertiary/aromatic N) is 4. The van der Waals surface area contributed by atoms with Gasteiger partial charge in [-0.25, -0.2) is 4.39 Å². The highest BCUT2D eigenvalue weighted by Crippen LogP contribution is 2.24. The quantitative estimate of drug-likeness (QED) is 0.553. The number of hydrogen-bond acceptors (Lipinski definition) is 5. The summed E-state index contributed by atoms with van der Waals surface area (Å²) in [6.45, 7) is 0. The van der Waals surface area contributed by atoms with Gasteiger partial charge in [0.2, 0.25) is 4.96 Å². The van der Waals surface area contributed by atoms with E-state index in [9.17, 15) is 4.39 Å². The van der Waals surface area contributed by atoms with E-state index in [0.29, 0.717) is 16.3 Å². The lowest BCUT2D eigenvalue weighted by molar-refractivity contribution is 0.414. The molecule has 0 unspecified atom stereocenters. The number of benzene rings is 2. The molecule has 4 aromatic rings. The second kappa shape index (κ2) is 6.45. The van der Waals surface area contributed by atoms with E-state index < -0.39 is 0 Å². The average molecular weight is 352 g/mol. The smallest absolute Gasteiger partial charge is 0.235 e. The minimum Gasteiger partial charge on any atom is -0.496 e. The molecule has 0 saturated carbocycles. The topological polar surface area (TPSA) is 52.3 Å². The van der Waals surface area contributed by atoms with Gasteiger partial charge in [-0.05, 0) is 30.4 Å². The van der Waals surface area contributed by atoms with Crippen molar-refractivity contribution in [1.82, 2.24) is 19.8 Å². The summed E-state index contributed by atoms with van der Waals surface area (Å²) in [5.41, 5.74) is 1.60. The van der Waals surface area contributed by atoms with E-state index >= 15 is 0 Å². The van der Waals surface area contributed by atoms with Crippen LogP contribution in [0.15, 0.2) is 48.5 Å². The SMILES string of the molecule is COc1ccccc1C=Cc1nn2c(-c3cccc(F)c3)nnc2s1. The summed E-state index contributed by atoms with van der Waals surface area (Å²) >= 11 is 1.41. The number of ether oxygens (including phenoxy) is 1. The lowest BCUT2D eigenvalue weighted by atomic mass is 10.2. The van der Waals surface area contributed by atoms with E-state index in [1.165, 1.54) is 23.5 Å². The summed E-state index contributed by atoms with van der Waals surface area (Å²) in [5.74, 6) is 0.991. The van der Waals surface area contributed by atoms with E-state index in [4.69, 9.17) is 4.74 Å². The fourth-order valence-electron chi connectivity index (χ4n) is 2.47. The third-order valence-electron chi connectivity index (χ3n) is 3.63. The van der Waals surface area contributed by atoms with Gasteiger partial charge in [-0.1, -0.05) is 41.7 Å². The number of para-hydroxylation sites is 1. The van der Waals surface area contributed by atoms with Crippen LogP contribution in [0, 0.1) is 5.82 Å². The molecule has 0 spiro atoms. The van der Waals surface area contributed by atoms with Gasteiger partial charge in [0.05, 0.1) is 7.11 Å². The van der Waals surface area contributed by atoms with Gasteiger partial charge in [0.1, 0.15) is 16.6 Å². The van der Waals surface area contributed by atoms with Crippen LogP contribution in [0.1, 0.15) is 10.6 Å². The van der Waals surface area contributed by atoms with Crippen LogP contribution in [-0.4, -0.2) is 26.9 Å². The number of aromatic nitrogens is 4. The van der Waals surface area contributed by atoms with Gasteiger partial charge >= 0.3 is 0 Å². The van der Waals surface area contributed by atoms with E-state index in [0.717, 1.165) is 16.3 Å². The summed E-state index contributed by atoms with van der Waals surface area (Å²) < 4.78 is 20.4. The first kappa shape index (κ1) is 15.5. The van der Waals surface area contributed by atoms with Gasteiger partial charge in [-0.2, -0.15) is 9.61 Å². The highest BCUT2D eigenvalue weighted by atomic mass is 32.1. The predicted molar refractivity (Wildman–Crippen MR) is 96.0 cm³/mol. The Bertz CT molecular complexity index is 1070. The molecule has 25 heavy (non-hydrogen) atoms. The Morgan fingerprint density at radius 1 is 1.08 bits per heavy atom. The highest BCUT2D eigenvalue weighted by molar-refractivity contribution is 7.17. The van der Waals surface area contributed by atoms with Gasteiger partial charge < -0.3 is 4.74 Å². The zero-order valence-corrected chi connectivity index (χ0v) is 14.1. The van der Waals surface area contributed by atoms with Crippen molar-refractivity contribution in [3.8, 4) is 17.1 Å². The molecule has 2 heterocycles. The number of hydrogen-bond donors (Lipinski definition) is 0. The van der Waals surface area contributed by atoms with Crippen molar-refractivity contribution in [2.75, 3.05) is 7.11 Å². The maximum Gasteiger partial charge on any atom is 0.235 e. The zero-order chi connectivity index (χ0) is 17.2. The summed E-state index contributed by atoms with van der Waals surface area (Å²) in [6, 6.07) is 14.0. The number of fused-ring (bicyclic) bond motifs is 1. The lowest BCUT2D eigenvalue weighted by Crippen LogP contribution is -1.91. The first-order valence-electron chi connectivity index (χ1n) is 7.54. The molecule has 0 aliphatic heterocycles. The second-order valence-electron chi connectivity index (χ2n) is 5.24. The monoisotopic (exact) mass is 352 g/mol. The Hall–Kier alpha value is -3.06. The van der Waals surface area contributed by atoms with E-state index in [1.807, 2.05) is 36.4 Å². The van der Waals surface area contributed by atoms with Gasteiger partial charge in [0, 0.05) is 11.1 Å². The molecule has 0 fully saturated rings. The van der Waals surface area contributed by atoms with Crippen molar-refractivity contribution >= 4 is 28.4 Å². The second-order valence-corrected chi connectivity index (χ2v) is 6.23. The maximum absolute atomic E-state index is 13.4. The molecule has 0 amide bonds. The van der Waals surface area contributed by atoms with E-state index in [1.54, 1.807) is 23.8 Å². The molecule has 124 valence electrons. The number of methoxy groups -OCH3 is 1. The lowest BCUT2D eigenvalue weighted by Gasteiger charge is -2.02. The van der Waals surface area contributed by atoms with Crippen LogP contribution in [0.25, 0.3) is 28.5 Å². The van der Waals surface area contributed by atoms with Crippen molar-refractivity contribution in [3.63, 3.8) is 0 Å². The van der Waals surface area contributed by atoms with Gasteiger partial charge in [-0.15, -0.1) is 10.2 Å². The van der Waals surface area contributed by atoms with Crippen LogP contribution in [0.5, 0.6) is 5.75 Å². The fraction of sp³-hybridized carbons (Fsp3) is 0.0556. The summed E-state index contributed by atoms with van der Waals surface area (Å²) in [6.07, 6.45) is 3.83. The molecule has 5 nitrogen and oxygen atoms in total. The fourth-order valence-corrected chi connectivity index (χ4v) is 3.21. The Kier molecular flexibility index (Phi) is 3.99. The third-order valence-corrected chi connectivity index (χ3v) is 4.50. The molecule has 7 heteroatoms. The Morgan fingerprint density at radius 3 is 2.80 bits per heavy atom. The maximum atomic E-state index is 13.4. The van der Waals surface area contributed by atoms with Crippen molar-refractivity contribution in [1.29, 1.82) is 0 Å². The molecule has 2 aromatic heterocycles. The van der Waals surface area contributed by atoms with E-state index in [2.05, 4.69) is 15.3 Å². The van der Waals surface area contributed by atoms with Crippen molar-refractivity contribution in [2.24, 2.45) is 0 Å². The average Bonchev–Trinajstić information content (AvgIpc) is 3.20. The summed E-state index contributed by atoms with van der Waals surface area (Å²) in [4.78, 5) is 0.652. The molecule has 0 aliphatic rings. The number of rotatable bonds is 4.